The topological polar surface area (TPSA) is 6.48 Å². The Labute approximate surface area is 490 Å². The molecule has 0 aromatic heterocycles. The second-order valence-corrected chi connectivity index (χ2v) is 25.9. The van der Waals surface area contributed by atoms with E-state index >= 15 is 0 Å². The molecule has 382 valence electrons. The number of hydrogen-bond acceptors (Lipinski definition) is 2. The van der Waals surface area contributed by atoms with Gasteiger partial charge in [0.05, 0.1) is 0 Å². The molecule has 0 unspecified atom stereocenters. The van der Waals surface area contributed by atoms with Gasteiger partial charge in [0, 0.05) is 34.1 Å². The molecule has 11 aromatic rings. The van der Waals surface area contributed by atoms with Crippen LogP contribution in [0.25, 0.3) is 0 Å². The van der Waals surface area contributed by atoms with Gasteiger partial charge in [-0.1, -0.05) is 298 Å². The SMILES string of the molecule is Cc1cccc(C)c1B1c2ccccc2B2c3cc4c5c6c3N3c7c(cccc7B6c6cccc7c6N5c5c(ccc6c5B4c4ccccc4B6c4c(C)cccc4C)B7c4c(C)cccc4C)B(c4c(C)cccc4C)c4ccc1c2c43. The van der Waals surface area contributed by atoms with Gasteiger partial charge in [0.1, 0.15) is 0 Å². The average Bonchev–Trinajstić information content (AvgIpc) is 0.725. The van der Waals surface area contributed by atoms with Gasteiger partial charge in [-0.2, -0.15) is 0 Å². The van der Waals surface area contributed by atoms with Crippen molar-refractivity contribution < 1.29 is 0 Å². The molecule has 0 radical (unpaired) electrons. The highest BCUT2D eigenvalue weighted by molar-refractivity contribution is 7.17. The number of hydrogen-bond donors (Lipinski definition) is 0. The molecule has 8 aliphatic heterocycles. The lowest BCUT2D eigenvalue weighted by Gasteiger charge is -2.56. The zero-order valence-corrected chi connectivity index (χ0v) is 48.3. The highest BCUT2D eigenvalue weighted by Crippen LogP contribution is 2.46. The molecule has 2 nitrogen and oxygen atoms in total. The predicted octanol–water partition coefficient (Wildman–Crippen LogP) is 1.21. The van der Waals surface area contributed by atoms with Gasteiger partial charge in [-0.15, -0.1) is 0 Å². The van der Waals surface area contributed by atoms with Crippen molar-refractivity contribution in [3.8, 4) is 0 Å². The molecular weight excluding hydrogens is 993 g/mol. The number of fused-ring (bicyclic) bond motifs is 8. The summed E-state index contributed by atoms with van der Waals surface area (Å²) in [6.07, 6.45) is 0. The fraction of sp³-hybridized carbons (Fsp3) is 0.108. The Balaban J connectivity index is 1.00. The van der Waals surface area contributed by atoms with Gasteiger partial charge < -0.3 is 9.80 Å². The van der Waals surface area contributed by atoms with Crippen molar-refractivity contribution in [1.29, 1.82) is 0 Å². The summed E-state index contributed by atoms with van der Waals surface area (Å²) in [6, 6.07) is 75.2. The first-order chi connectivity index (χ1) is 40.6. The molecule has 0 saturated heterocycles. The van der Waals surface area contributed by atoms with E-state index < -0.39 is 0 Å². The lowest BCUT2D eigenvalue weighted by atomic mass is 9.16. The lowest BCUT2D eigenvalue weighted by molar-refractivity contribution is 1.27. The fourth-order valence-corrected chi connectivity index (χ4v) is 19.1. The summed E-state index contributed by atoms with van der Waals surface area (Å²) in [5, 5.41) is 0. The van der Waals surface area contributed by atoms with Crippen LogP contribution >= 0.6 is 0 Å². The van der Waals surface area contributed by atoms with E-state index in [0.29, 0.717) is 0 Å². The van der Waals surface area contributed by atoms with E-state index in [1.807, 2.05) is 0 Å². The van der Waals surface area contributed by atoms with E-state index in [9.17, 15) is 0 Å². The van der Waals surface area contributed by atoms with Crippen LogP contribution in [0.15, 0.2) is 188 Å². The summed E-state index contributed by atoms with van der Waals surface area (Å²) in [7, 11) is 0. The van der Waals surface area contributed by atoms with E-state index in [4.69, 9.17) is 0 Å². The number of para-hydroxylation sites is 2. The fourth-order valence-electron chi connectivity index (χ4n) is 19.1. The standard InChI is InChI=1S/C74H55B7N2/c1-40-19-13-20-41(2)62(40)75-48-27-9-11-29-50(48)77-60-39-61-74-68-73(60)82-69-54(79(64-44(5)23-15-24-45(64)6)58-37-35-52(75)66(77)71(58)82)31-17-33-56(69)81(68)57-34-18-32-55-70(57)83(74)72-59(80(55)65-46(7)25-16-26-47(65)8)38-36-53-67(72)78(61)51-30-12-10-28-49(51)76(53)63-42(3)21-14-22-43(63)4/h9-39H,1-8H3. The molecule has 9 heteroatoms. The molecule has 0 atom stereocenters. The molecule has 0 N–H and O–H groups in total. The molecular formula is C74H55B7N2. The third kappa shape index (κ3) is 5.58. The van der Waals surface area contributed by atoms with Gasteiger partial charge in [0.2, 0.25) is 40.3 Å². The number of nitrogens with zero attached hydrogens (tertiary/aromatic N) is 2. The van der Waals surface area contributed by atoms with Crippen LogP contribution < -0.4 is 125 Å². The van der Waals surface area contributed by atoms with Crippen LogP contribution in [0, 0.1) is 55.4 Å². The maximum Gasteiger partial charge on any atom is 0.252 e. The zero-order chi connectivity index (χ0) is 55.3. The lowest BCUT2D eigenvalue weighted by Crippen LogP contribution is -2.83. The van der Waals surface area contributed by atoms with E-state index in [1.54, 1.807) is 0 Å². The Kier molecular flexibility index (Phi) is 9.16. The van der Waals surface area contributed by atoms with E-state index in [0.717, 1.165) is 0 Å². The highest BCUT2D eigenvalue weighted by atomic mass is 15.2. The zero-order valence-electron chi connectivity index (χ0n) is 48.3. The van der Waals surface area contributed by atoms with Crippen LogP contribution in [0.4, 0.5) is 34.1 Å². The van der Waals surface area contributed by atoms with Crippen molar-refractivity contribution in [1.82, 2.24) is 0 Å². The highest BCUT2D eigenvalue weighted by Gasteiger charge is 2.59. The second-order valence-electron chi connectivity index (χ2n) is 25.9. The predicted molar refractivity (Wildman–Crippen MR) is 365 cm³/mol. The Morgan fingerprint density at radius 3 is 0.711 bits per heavy atom. The number of aryl methyl sites for hydroxylation is 8. The summed E-state index contributed by atoms with van der Waals surface area (Å²) in [5.41, 5.74) is 49.6. The summed E-state index contributed by atoms with van der Waals surface area (Å²) in [4.78, 5) is 5.76. The number of rotatable bonds is 4. The third-order valence-corrected chi connectivity index (χ3v) is 22.0. The largest absolute Gasteiger partial charge is 0.313 e. The second kappa shape index (κ2) is 16.2. The maximum absolute atomic E-state index is 2.88. The van der Waals surface area contributed by atoms with Crippen LogP contribution in [0.5, 0.6) is 0 Å². The van der Waals surface area contributed by atoms with E-state index in [1.165, 1.54) is 193 Å². The smallest absolute Gasteiger partial charge is 0.252 e. The minimum absolute atomic E-state index is 0.00602. The minimum Gasteiger partial charge on any atom is -0.313 e. The monoisotopic (exact) mass is 1050 g/mol. The van der Waals surface area contributed by atoms with Crippen LogP contribution in [-0.4, -0.2) is 47.0 Å². The molecule has 0 aliphatic carbocycles. The van der Waals surface area contributed by atoms with Crippen molar-refractivity contribution in [2.24, 2.45) is 0 Å². The summed E-state index contributed by atoms with van der Waals surface area (Å²) >= 11 is 0. The van der Waals surface area contributed by atoms with Gasteiger partial charge in [0.15, 0.2) is 0 Å². The Morgan fingerprint density at radius 1 is 0.181 bits per heavy atom. The Bertz CT molecular complexity index is 4510. The van der Waals surface area contributed by atoms with Gasteiger partial charge >= 0.3 is 0 Å². The van der Waals surface area contributed by atoms with Crippen molar-refractivity contribution in [3.05, 3.63) is 233 Å². The van der Waals surface area contributed by atoms with Crippen LogP contribution in [0.2, 0.25) is 0 Å². The van der Waals surface area contributed by atoms with Gasteiger partial charge in [-0.25, -0.2) is 0 Å². The molecule has 8 aliphatic rings. The average molecular weight is 1050 g/mol. The van der Waals surface area contributed by atoms with E-state index in [2.05, 4.69) is 253 Å². The third-order valence-electron chi connectivity index (χ3n) is 22.0. The van der Waals surface area contributed by atoms with Crippen molar-refractivity contribution >= 4 is 196 Å². The Hall–Kier alpha value is -8.53. The molecule has 0 fully saturated rings. The first-order valence-corrected chi connectivity index (χ1v) is 30.4. The number of anilines is 6. The Morgan fingerprint density at radius 2 is 0.398 bits per heavy atom. The number of benzene rings is 11. The van der Waals surface area contributed by atoms with Crippen LogP contribution in [0.1, 0.15) is 44.5 Å². The van der Waals surface area contributed by atoms with Crippen LogP contribution in [0.3, 0.4) is 0 Å². The summed E-state index contributed by atoms with van der Waals surface area (Å²) in [5.74, 6) is 0. The van der Waals surface area contributed by atoms with Gasteiger partial charge in [-0.05, 0) is 105 Å². The molecule has 11 aromatic carbocycles. The van der Waals surface area contributed by atoms with Crippen LogP contribution in [-0.2, 0) is 0 Å². The normalized spacial score (nSPS) is 14.8. The maximum atomic E-state index is 2.88. The van der Waals surface area contributed by atoms with Crippen molar-refractivity contribution in [2.75, 3.05) is 9.80 Å². The molecule has 0 spiro atoms. The van der Waals surface area contributed by atoms with Crippen molar-refractivity contribution in [3.63, 3.8) is 0 Å². The first-order valence-electron chi connectivity index (χ1n) is 30.4. The summed E-state index contributed by atoms with van der Waals surface area (Å²) < 4.78 is 0. The molecule has 19 rings (SSSR count). The minimum atomic E-state index is -0.00620. The molecule has 8 heterocycles. The molecule has 0 amide bonds. The first kappa shape index (κ1) is 47.0. The molecule has 0 bridgehead atoms. The molecule has 0 saturated carbocycles. The quantitative estimate of drug-likeness (QED) is 0.245. The van der Waals surface area contributed by atoms with Gasteiger partial charge in [0.25, 0.3) is 6.71 Å². The van der Waals surface area contributed by atoms with Crippen molar-refractivity contribution in [2.45, 2.75) is 55.4 Å². The van der Waals surface area contributed by atoms with E-state index in [-0.39, 0.29) is 47.0 Å². The van der Waals surface area contributed by atoms with Gasteiger partial charge in [-0.3, -0.25) is 0 Å². The molecule has 83 heavy (non-hydrogen) atoms. The summed E-state index contributed by atoms with van der Waals surface area (Å²) in [6.45, 7) is 19.1.